The quantitative estimate of drug-likeness (QED) is 0.598. The number of rotatable bonds is 2. The van der Waals surface area contributed by atoms with Gasteiger partial charge < -0.3 is 10.5 Å². The Hall–Kier alpha value is -0.590. The summed E-state index contributed by atoms with van der Waals surface area (Å²) in [4.78, 5) is 0. The topological polar surface area (TPSA) is 59.0 Å². The van der Waals surface area contributed by atoms with Gasteiger partial charge in [0.15, 0.2) is 0 Å². The molecule has 1 rings (SSSR count). The Kier molecular flexibility index (Phi) is 2.67. The van der Waals surface area contributed by atoms with Crippen molar-refractivity contribution in [1.82, 2.24) is 0 Å². The average Bonchev–Trinajstić information content (AvgIpc) is 2.40. The maximum absolute atomic E-state index is 8.38. The minimum absolute atomic E-state index is 0.299. The van der Waals surface area contributed by atoms with Crippen molar-refractivity contribution in [2.45, 2.75) is 18.9 Å². The standard InChI is InChI=1S/C7H12N2O/c8-4-7(9)3-6-1-2-10-5-6/h6-7H,1-3,5,9H2/t6-,7-/m0/s1. The molecule has 1 aliphatic heterocycles. The van der Waals surface area contributed by atoms with Crippen LogP contribution in [0, 0.1) is 17.2 Å². The highest BCUT2D eigenvalue weighted by molar-refractivity contribution is 4.88. The van der Waals surface area contributed by atoms with E-state index in [-0.39, 0.29) is 6.04 Å². The summed E-state index contributed by atoms with van der Waals surface area (Å²) in [6.45, 7) is 1.62. The number of hydrogen-bond acceptors (Lipinski definition) is 3. The van der Waals surface area contributed by atoms with Crippen LogP contribution in [0.25, 0.3) is 0 Å². The van der Waals surface area contributed by atoms with E-state index in [9.17, 15) is 0 Å². The second-order valence-electron chi connectivity index (χ2n) is 2.70. The monoisotopic (exact) mass is 140 g/mol. The SMILES string of the molecule is N#C[C@@H](N)C[C@@H]1CCOC1. The first kappa shape index (κ1) is 7.52. The molecule has 0 aliphatic carbocycles. The maximum Gasteiger partial charge on any atom is 0.0931 e. The predicted octanol–water partition coefficient (Wildman–Crippen LogP) is 0.264. The van der Waals surface area contributed by atoms with Crippen LogP contribution in [0.4, 0.5) is 0 Å². The first-order chi connectivity index (χ1) is 4.83. The summed E-state index contributed by atoms with van der Waals surface area (Å²) in [6, 6.07) is 1.71. The van der Waals surface area contributed by atoms with Crippen molar-refractivity contribution in [3.05, 3.63) is 0 Å². The van der Waals surface area contributed by atoms with Gasteiger partial charge in [-0.15, -0.1) is 0 Å². The third-order valence-electron chi connectivity index (χ3n) is 1.78. The summed E-state index contributed by atoms with van der Waals surface area (Å²) in [5, 5.41) is 8.38. The zero-order valence-corrected chi connectivity index (χ0v) is 5.92. The minimum atomic E-state index is -0.299. The molecule has 2 atom stereocenters. The van der Waals surface area contributed by atoms with Gasteiger partial charge in [-0.05, 0) is 18.8 Å². The average molecular weight is 140 g/mol. The number of nitrogens with zero attached hydrogens (tertiary/aromatic N) is 1. The lowest BCUT2D eigenvalue weighted by molar-refractivity contribution is 0.183. The highest BCUT2D eigenvalue weighted by atomic mass is 16.5. The van der Waals surface area contributed by atoms with Crippen LogP contribution in [0.3, 0.4) is 0 Å². The van der Waals surface area contributed by atoms with E-state index in [1.54, 1.807) is 0 Å². The molecule has 0 spiro atoms. The molecule has 0 aromatic carbocycles. The van der Waals surface area contributed by atoms with Crippen molar-refractivity contribution in [3.63, 3.8) is 0 Å². The number of hydrogen-bond donors (Lipinski definition) is 1. The van der Waals surface area contributed by atoms with Crippen molar-refractivity contribution in [1.29, 1.82) is 5.26 Å². The van der Waals surface area contributed by atoms with E-state index in [0.29, 0.717) is 5.92 Å². The van der Waals surface area contributed by atoms with Gasteiger partial charge in [-0.3, -0.25) is 0 Å². The van der Waals surface area contributed by atoms with Gasteiger partial charge >= 0.3 is 0 Å². The Morgan fingerprint density at radius 3 is 3.10 bits per heavy atom. The number of nitriles is 1. The molecule has 0 saturated carbocycles. The fourth-order valence-electron chi connectivity index (χ4n) is 1.18. The molecule has 2 N–H and O–H groups in total. The van der Waals surface area contributed by atoms with Crippen LogP contribution in [0.2, 0.25) is 0 Å². The zero-order valence-electron chi connectivity index (χ0n) is 5.92. The highest BCUT2D eigenvalue weighted by Crippen LogP contribution is 2.16. The summed E-state index contributed by atoms with van der Waals surface area (Å²) < 4.78 is 5.14. The van der Waals surface area contributed by atoms with Gasteiger partial charge in [0.25, 0.3) is 0 Å². The summed E-state index contributed by atoms with van der Waals surface area (Å²) in [6.07, 6.45) is 1.85. The molecule has 3 nitrogen and oxygen atoms in total. The van der Waals surface area contributed by atoms with E-state index in [1.165, 1.54) is 0 Å². The number of ether oxygens (including phenoxy) is 1. The first-order valence-corrected chi connectivity index (χ1v) is 3.56. The van der Waals surface area contributed by atoms with Gasteiger partial charge in [-0.1, -0.05) is 0 Å². The fraction of sp³-hybridized carbons (Fsp3) is 0.857. The lowest BCUT2D eigenvalue weighted by Crippen LogP contribution is -2.21. The van der Waals surface area contributed by atoms with Crippen LogP contribution in [0.15, 0.2) is 0 Å². The summed E-state index contributed by atoms with van der Waals surface area (Å²) in [5.41, 5.74) is 5.44. The Balaban J connectivity index is 2.19. The molecular formula is C7H12N2O. The van der Waals surface area contributed by atoms with Gasteiger partial charge in [-0.25, -0.2) is 0 Å². The molecule has 1 fully saturated rings. The third kappa shape index (κ3) is 1.98. The maximum atomic E-state index is 8.38. The van der Waals surface area contributed by atoms with Crippen LogP contribution in [0.1, 0.15) is 12.8 Å². The van der Waals surface area contributed by atoms with E-state index in [4.69, 9.17) is 15.7 Å². The molecule has 1 saturated heterocycles. The summed E-state index contributed by atoms with van der Waals surface area (Å²) in [7, 11) is 0. The smallest absolute Gasteiger partial charge is 0.0931 e. The van der Waals surface area contributed by atoms with Gasteiger partial charge in [0, 0.05) is 13.2 Å². The van der Waals surface area contributed by atoms with E-state index in [0.717, 1.165) is 26.1 Å². The van der Waals surface area contributed by atoms with E-state index < -0.39 is 0 Å². The number of nitrogens with two attached hydrogens (primary N) is 1. The van der Waals surface area contributed by atoms with Crippen LogP contribution in [-0.2, 0) is 4.74 Å². The van der Waals surface area contributed by atoms with E-state index in [1.807, 2.05) is 6.07 Å². The van der Waals surface area contributed by atoms with Gasteiger partial charge in [0.2, 0.25) is 0 Å². The second kappa shape index (κ2) is 3.55. The normalized spacial score (nSPS) is 27.8. The van der Waals surface area contributed by atoms with E-state index >= 15 is 0 Å². The molecule has 1 heterocycles. The van der Waals surface area contributed by atoms with Gasteiger partial charge in [0.1, 0.15) is 0 Å². The Morgan fingerprint density at radius 2 is 2.60 bits per heavy atom. The fourth-order valence-corrected chi connectivity index (χ4v) is 1.18. The van der Waals surface area contributed by atoms with Crippen molar-refractivity contribution in [2.24, 2.45) is 11.7 Å². The van der Waals surface area contributed by atoms with Crippen molar-refractivity contribution < 1.29 is 4.74 Å². The van der Waals surface area contributed by atoms with Crippen LogP contribution >= 0.6 is 0 Å². The molecule has 0 bridgehead atoms. The molecule has 0 radical (unpaired) electrons. The molecule has 0 unspecified atom stereocenters. The zero-order chi connectivity index (χ0) is 7.40. The largest absolute Gasteiger partial charge is 0.381 e. The van der Waals surface area contributed by atoms with E-state index in [2.05, 4.69) is 0 Å². The Labute approximate surface area is 60.8 Å². The van der Waals surface area contributed by atoms with Gasteiger partial charge in [0.05, 0.1) is 12.1 Å². The first-order valence-electron chi connectivity index (χ1n) is 3.56. The molecule has 56 valence electrons. The van der Waals surface area contributed by atoms with Crippen molar-refractivity contribution in [3.8, 4) is 6.07 Å². The lowest BCUT2D eigenvalue weighted by atomic mass is 10.0. The summed E-state index contributed by atoms with van der Waals surface area (Å²) in [5.74, 6) is 0.523. The molecule has 3 heteroatoms. The molecule has 1 aliphatic rings. The van der Waals surface area contributed by atoms with Crippen molar-refractivity contribution >= 4 is 0 Å². The predicted molar refractivity (Wildman–Crippen MR) is 37.1 cm³/mol. The second-order valence-corrected chi connectivity index (χ2v) is 2.70. The minimum Gasteiger partial charge on any atom is -0.381 e. The lowest BCUT2D eigenvalue weighted by Gasteiger charge is -2.06. The molecule has 10 heavy (non-hydrogen) atoms. The van der Waals surface area contributed by atoms with Crippen LogP contribution in [-0.4, -0.2) is 19.3 Å². The van der Waals surface area contributed by atoms with Crippen molar-refractivity contribution in [2.75, 3.05) is 13.2 Å². The van der Waals surface area contributed by atoms with Crippen LogP contribution in [0.5, 0.6) is 0 Å². The Morgan fingerprint density at radius 1 is 1.80 bits per heavy atom. The third-order valence-corrected chi connectivity index (χ3v) is 1.78. The summed E-state index contributed by atoms with van der Waals surface area (Å²) >= 11 is 0. The molecular weight excluding hydrogens is 128 g/mol. The molecule has 0 aromatic rings. The molecule has 0 amide bonds. The molecule has 0 aromatic heterocycles. The Bertz CT molecular complexity index is 135. The van der Waals surface area contributed by atoms with Crippen LogP contribution < -0.4 is 5.73 Å². The van der Waals surface area contributed by atoms with Gasteiger partial charge in [-0.2, -0.15) is 5.26 Å². The highest BCUT2D eigenvalue weighted by Gasteiger charge is 2.17.